The molecule has 2 aromatic rings. The van der Waals surface area contributed by atoms with Crippen LogP contribution in [0.3, 0.4) is 0 Å². The smallest absolute Gasteiger partial charge is 0.416 e. The fourth-order valence-electron chi connectivity index (χ4n) is 3.12. The lowest BCUT2D eigenvalue weighted by atomic mass is 10.1. The maximum atomic E-state index is 12.9. The van der Waals surface area contributed by atoms with Crippen LogP contribution in [0.15, 0.2) is 53.4 Å². The van der Waals surface area contributed by atoms with Crippen molar-refractivity contribution in [3.8, 4) is 0 Å². The average molecular weight is 428 g/mol. The Labute approximate surface area is 166 Å². The molecule has 0 N–H and O–H groups in total. The van der Waals surface area contributed by atoms with Crippen LogP contribution in [-0.2, 0) is 20.9 Å². The number of piperazine rings is 1. The van der Waals surface area contributed by atoms with Gasteiger partial charge in [-0.2, -0.15) is 17.5 Å². The van der Waals surface area contributed by atoms with Gasteiger partial charge in [-0.3, -0.25) is 0 Å². The van der Waals surface area contributed by atoms with Gasteiger partial charge in [0, 0.05) is 31.9 Å². The number of rotatable bonds is 4. The minimum atomic E-state index is -4.44. The highest BCUT2D eigenvalue weighted by atomic mass is 32.2. The third kappa shape index (κ3) is 4.54. The summed E-state index contributed by atoms with van der Waals surface area (Å²) in [4.78, 5) is 13.3. The fraction of sp³-hybridized carbons (Fsp3) is 0.316. The number of hydrogen-bond acceptors (Lipinski definition) is 5. The largest absolute Gasteiger partial charge is 0.465 e. The lowest BCUT2D eigenvalue weighted by molar-refractivity contribution is -0.137. The summed E-state index contributed by atoms with van der Waals surface area (Å²) in [7, 11) is -2.64. The molecule has 0 atom stereocenters. The summed E-state index contributed by atoms with van der Waals surface area (Å²) in [6.45, 7) is 0.719. The van der Waals surface area contributed by atoms with Crippen molar-refractivity contribution in [2.75, 3.05) is 38.2 Å². The van der Waals surface area contributed by atoms with Crippen LogP contribution in [0.4, 0.5) is 18.9 Å². The van der Waals surface area contributed by atoms with E-state index in [0.717, 1.165) is 12.1 Å². The summed E-state index contributed by atoms with van der Waals surface area (Å²) in [5.41, 5.74) is -0.231. The van der Waals surface area contributed by atoms with Gasteiger partial charge in [0.15, 0.2) is 0 Å². The first-order valence-electron chi connectivity index (χ1n) is 8.73. The standard InChI is InChI=1S/C19H19F3N2O4S/c1-28-18(25)14-4-2-7-17(12-14)29(26,27)24-10-8-23(9-11-24)16-6-3-5-15(13-16)19(20,21)22/h2-7,12-13H,8-11H2,1H3. The number of sulfonamides is 1. The predicted molar refractivity (Wildman–Crippen MR) is 100 cm³/mol. The number of carbonyl (C=O) groups excluding carboxylic acids is 1. The second-order valence-corrected chi connectivity index (χ2v) is 8.40. The van der Waals surface area contributed by atoms with E-state index in [1.54, 1.807) is 11.0 Å². The van der Waals surface area contributed by atoms with Gasteiger partial charge in [0.1, 0.15) is 0 Å². The van der Waals surface area contributed by atoms with E-state index >= 15 is 0 Å². The quantitative estimate of drug-likeness (QED) is 0.701. The van der Waals surface area contributed by atoms with Gasteiger partial charge in [-0.1, -0.05) is 12.1 Å². The molecular weight excluding hydrogens is 409 g/mol. The molecule has 6 nitrogen and oxygen atoms in total. The monoisotopic (exact) mass is 428 g/mol. The van der Waals surface area contributed by atoms with Gasteiger partial charge in [0.05, 0.1) is 23.1 Å². The normalized spacial score (nSPS) is 15.9. The van der Waals surface area contributed by atoms with E-state index in [1.807, 2.05) is 0 Å². The van der Waals surface area contributed by atoms with Crippen LogP contribution in [0, 0.1) is 0 Å². The fourth-order valence-corrected chi connectivity index (χ4v) is 4.58. The second-order valence-electron chi connectivity index (χ2n) is 6.46. The van der Waals surface area contributed by atoms with Gasteiger partial charge in [0.2, 0.25) is 10.0 Å². The van der Waals surface area contributed by atoms with Crippen molar-refractivity contribution >= 4 is 21.7 Å². The molecule has 2 aromatic carbocycles. The Morgan fingerprint density at radius 1 is 1.00 bits per heavy atom. The van der Waals surface area contributed by atoms with E-state index in [0.29, 0.717) is 5.69 Å². The summed E-state index contributed by atoms with van der Waals surface area (Å²) >= 11 is 0. The predicted octanol–water partition coefficient (Wildman–Crippen LogP) is 3.00. The van der Waals surface area contributed by atoms with E-state index in [4.69, 9.17) is 0 Å². The number of methoxy groups -OCH3 is 1. The van der Waals surface area contributed by atoms with Gasteiger partial charge in [-0.15, -0.1) is 0 Å². The van der Waals surface area contributed by atoms with Gasteiger partial charge < -0.3 is 9.64 Å². The molecule has 1 saturated heterocycles. The topological polar surface area (TPSA) is 66.9 Å². The van der Waals surface area contributed by atoms with Gasteiger partial charge in [0.25, 0.3) is 0 Å². The number of carbonyl (C=O) groups is 1. The lowest BCUT2D eigenvalue weighted by Crippen LogP contribution is -2.48. The Kier molecular flexibility index (Phi) is 5.85. The van der Waals surface area contributed by atoms with Crippen LogP contribution in [0.5, 0.6) is 0 Å². The van der Waals surface area contributed by atoms with Gasteiger partial charge in [-0.05, 0) is 36.4 Å². The minimum absolute atomic E-state index is 0.0343. The van der Waals surface area contributed by atoms with E-state index in [-0.39, 0.29) is 36.6 Å². The van der Waals surface area contributed by atoms with Crippen LogP contribution in [0.2, 0.25) is 0 Å². The molecule has 0 radical (unpaired) electrons. The molecular formula is C19H19F3N2O4S. The van der Waals surface area contributed by atoms with Crippen molar-refractivity contribution in [3.63, 3.8) is 0 Å². The number of halogens is 3. The highest BCUT2D eigenvalue weighted by molar-refractivity contribution is 7.89. The SMILES string of the molecule is COC(=O)c1cccc(S(=O)(=O)N2CCN(c3cccc(C(F)(F)F)c3)CC2)c1. The Morgan fingerprint density at radius 2 is 1.66 bits per heavy atom. The molecule has 0 bridgehead atoms. The Balaban J connectivity index is 1.74. The van der Waals surface area contributed by atoms with Crippen LogP contribution in [0.1, 0.15) is 15.9 Å². The zero-order valence-corrected chi connectivity index (χ0v) is 16.3. The first-order chi connectivity index (χ1) is 13.6. The Bertz CT molecular complexity index is 1000. The Hall–Kier alpha value is -2.59. The molecule has 1 fully saturated rings. The molecule has 0 aromatic heterocycles. The summed E-state index contributed by atoms with van der Waals surface area (Å²) in [6, 6.07) is 10.5. The number of nitrogens with zero attached hydrogens (tertiary/aromatic N) is 2. The molecule has 0 saturated carbocycles. The van der Waals surface area contributed by atoms with E-state index < -0.39 is 27.7 Å². The van der Waals surface area contributed by atoms with Crippen molar-refractivity contribution in [1.82, 2.24) is 4.31 Å². The number of anilines is 1. The zero-order chi connectivity index (χ0) is 21.2. The average Bonchev–Trinajstić information content (AvgIpc) is 2.73. The number of hydrogen-bond donors (Lipinski definition) is 0. The summed E-state index contributed by atoms with van der Waals surface area (Å²) in [5.74, 6) is -0.642. The second kappa shape index (κ2) is 8.03. The number of esters is 1. The van der Waals surface area contributed by atoms with Gasteiger partial charge >= 0.3 is 12.1 Å². The van der Waals surface area contributed by atoms with Crippen molar-refractivity contribution < 1.29 is 31.1 Å². The van der Waals surface area contributed by atoms with Gasteiger partial charge in [-0.25, -0.2) is 13.2 Å². The van der Waals surface area contributed by atoms with Crippen molar-refractivity contribution in [1.29, 1.82) is 0 Å². The molecule has 0 amide bonds. The molecule has 1 aliphatic rings. The minimum Gasteiger partial charge on any atom is -0.465 e. The first kappa shape index (κ1) is 21.1. The molecule has 10 heteroatoms. The third-order valence-corrected chi connectivity index (χ3v) is 6.56. The molecule has 3 rings (SSSR count). The number of benzene rings is 2. The maximum absolute atomic E-state index is 12.9. The zero-order valence-electron chi connectivity index (χ0n) is 15.5. The summed E-state index contributed by atoms with van der Waals surface area (Å²) in [6.07, 6.45) is -4.44. The molecule has 156 valence electrons. The van der Waals surface area contributed by atoms with E-state index in [9.17, 15) is 26.4 Å². The number of alkyl halides is 3. The molecule has 0 unspecified atom stereocenters. The third-order valence-electron chi connectivity index (χ3n) is 4.67. The van der Waals surface area contributed by atoms with Crippen LogP contribution < -0.4 is 4.90 Å². The van der Waals surface area contributed by atoms with Crippen molar-refractivity contribution in [2.45, 2.75) is 11.1 Å². The summed E-state index contributed by atoms with van der Waals surface area (Å²) in [5, 5.41) is 0. The van der Waals surface area contributed by atoms with E-state index in [1.165, 1.54) is 41.7 Å². The first-order valence-corrected chi connectivity index (χ1v) is 10.2. The maximum Gasteiger partial charge on any atom is 0.416 e. The Morgan fingerprint density at radius 3 is 2.28 bits per heavy atom. The summed E-state index contributed by atoms with van der Waals surface area (Å²) < 4.78 is 70.4. The molecule has 0 spiro atoms. The van der Waals surface area contributed by atoms with Crippen LogP contribution >= 0.6 is 0 Å². The highest BCUT2D eigenvalue weighted by Crippen LogP contribution is 2.32. The van der Waals surface area contributed by atoms with Crippen LogP contribution in [-0.4, -0.2) is 52.0 Å². The van der Waals surface area contributed by atoms with E-state index in [2.05, 4.69) is 4.74 Å². The highest BCUT2D eigenvalue weighted by Gasteiger charge is 2.32. The molecule has 29 heavy (non-hydrogen) atoms. The number of ether oxygens (including phenoxy) is 1. The van der Waals surface area contributed by atoms with Crippen molar-refractivity contribution in [2.24, 2.45) is 0 Å². The molecule has 0 aliphatic carbocycles. The lowest BCUT2D eigenvalue weighted by Gasteiger charge is -2.35. The van der Waals surface area contributed by atoms with Crippen LogP contribution in [0.25, 0.3) is 0 Å². The molecule has 1 aliphatic heterocycles. The molecule has 1 heterocycles. The van der Waals surface area contributed by atoms with Crippen molar-refractivity contribution in [3.05, 3.63) is 59.7 Å².